The molecule has 0 amide bonds. The van der Waals surface area contributed by atoms with Crippen LogP contribution in [0.4, 0.5) is 0 Å². The molecule has 0 radical (unpaired) electrons. The van der Waals surface area contributed by atoms with Crippen molar-refractivity contribution >= 4 is 0 Å². The van der Waals surface area contributed by atoms with Gasteiger partial charge in [-0.05, 0) is 54.3 Å². The molecule has 2 aromatic rings. The second-order valence-corrected chi connectivity index (χ2v) is 5.42. The van der Waals surface area contributed by atoms with Crippen molar-refractivity contribution in [3.63, 3.8) is 0 Å². The topological polar surface area (TPSA) is 44.5 Å². The van der Waals surface area contributed by atoms with Gasteiger partial charge in [-0.25, -0.2) is 0 Å². The molecule has 0 spiro atoms. The molecule has 0 fully saturated rings. The van der Waals surface area contributed by atoms with Crippen LogP contribution in [0.3, 0.4) is 0 Å². The Morgan fingerprint density at radius 3 is 2.45 bits per heavy atom. The van der Waals surface area contributed by atoms with E-state index in [-0.39, 0.29) is 5.92 Å². The van der Waals surface area contributed by atoms with E-state index in [0.717, 1.165) is 24.3 Å². The van der Waals surface area contributed by atoms with Crippen LogP contribution in [0.25, 0.3) is 0 Å². The SMILES string of the molecule is CCc1ccc(OC)c(C(CN)Cc2cccc(OC)c2)c1. The van der Waals surface area contributed by atoms with Crippen LogP contribution in [0.1, 0.15) is 29.5 Å². The highest BCUT2D eigenvalue weighted by molar-refractivity contribution is 5.41. The molecule has 2 N–H and O–H groups in total. The first kappa shape index (κ1) is 16.4. The minimum Gasteiger partial charge on any atom is -0.497 e. The molecule has 0 saturated carbocycles. The first-order valence-electron chi connectivity index (χ1n) is 7.71. The van der Waals surface area contributed by atoms with Crippen molar-refractivity contribution in [3.05, 3.63) is 59.2 Å². The summed E-state index contributed by atoms with van der Waals surface area (Å²) in [5, 5.41) is 0. The quantitative estimate of drug-likeness (QED) is 0.850. The highest BCUT2D eigenvalue weighted by Crippen LogP contribution is 2.30. The molecule has 0 aliphatic carbocycles. The number of methoxy groups -OCH3 is 2. The summed E-state index contributed by atoms with van der Waals surface area (Å²) in [6.45, 7) is 2.74. The zero-order valence-electron chi connectivity index (χ0n) is 13.6. The second-order valence-electron chi connectivity index (χ2n) is 5.42. The van der Waals surface area contributed by atoms with Crippen LogP contribution in [0.5, 0.6) is 11.5 Å². The zero-order valence-corrected chi connectivity index (χ0v) is 13.6. The first-order chi connectivity index (χ1) is 10.7. The number of hydrogen-bond donors (Lipinski definition) is 1. The van der Waals surface area contributed by atoms with E-state index in [1.54, 1.807) is 14.2 Å². The van der Waals surface area contributed by atoms with Crippen LogP contribution in [-0.2, 0) is 12.8 Å². The molecule has 0 bridgehead atoms. The minimum absolute atomic E-state index is 0.230. The number of rotatable bonds is 7. The Labute approximate surface area is 133 Å². The largest absolute Gasteiger partial charge is 0.497 e. The maximum atomic E-state index is 6.05. The lowest BCUT2D eigenvalue weighted by Crippen LogP contribution is -2.16. The lowest BCUT2D eigenvalue weighted by Gasteiger charge is -2.19. The third-order valence-corrected chi connectivity index (χ3v) is 4.04. The number of aryl methyl sites for hydroxylation is 1. The van der Waals surface area contributed by atoms with Gasteiger partial charge in [0, 0.05) is 5.92 Å². The first-order valence-corrected chi connectivity index (χ1v) is 7.71. The third kappa shape index (κ3) is 3.80. The lowest BCUT2D eigenvalue weighted by atomic mass is 9.90. The normalized spacial score (nSPS) is 12.0. The molecular formula is C19H25NO2. The van der Waals surface area contributed by atoms with Gasteiger partial charge in [0.2, 0.25) is 0 Å². The summed E-state index contributed by atoms with van der Waals surface area (Å²) in [4.78, 5) is 0. The molecule has 22 heavy (non-hydrogen) atoms. The van der Waals surface area contributed by atoms with Gasteiger partial charge in [-0.2, -0.15) is 0 Å². The summed E-state index contributed by atoms with van der Waals surface area (Å²) < 4.78 is 10.8. The van der Waals surface area contributed by atoms with E-state index in [4.69, 9.17) is 15.2 Å². The van der Waals surface area contributed by atoms with Crippen LogP contribution < -0.4 is 15.2 Å². The molecular weight excluding hydrogens is 274 g/mol. The van der Waals surface area contributed by atoms with Crippen molar-refractivity contribution in [3.8, 4) is 11.5 Å². The molecule has 1 unspecified atom stereocenters. The van der Waals surface area contributed by atoms with Crippen LogP contribution in [-0.4, -0.2) is 20.8 Å². The fourth-order valence-corrected chi connectivity index (χ4v) is 2.73. The fraction of sp³-hybridized carbons (Fsp3) is 0.368. The van der Waals surface area contributed by atoms with Gasteiger partial charge in [-0.3, -0.25) is 0 Å². The Kier molecular flexibility index (Phi) is 5.84. The van der Waals surface area contributed by atoms with Gasteiger partial charge in [0.15, 0.2) is 0 Å². The Morgan fingerprint density at radius 2 is 1.82 bits per heavy atom. The lowest BCUT2D eigenvalue weighted by molar-refractivity contribution is 0.404. The summed E-state index contributed by atoms with van der Waals surface area (Å²) in [6, 6.07) is 14.5. The van der Waals surface area contributed by atoms with Gasteiger partial charge >= 0.3 is 0 Å². The van der Waals surface area contributed by atoms with Crippen LogP contribution >= 0.6 is 0 Å². The van der Waals surface area contributed by atoms with E-state index in [1.807, 2.05) is 18.2 Å². The zero-order chi connectivity index (χ0) is 15.9. The van der Waals surface area contributed by atoms with Gasteiger partial charge in [-0.15, -0.1) is 0 Å². The van der Waals surface area contributed by atoms with Gasteiger partial charge in [0.05, 0.1) is 14.2 Å². The molecule has 0 aromatic heterocycles. The van der Waals surface area contributed by atoms with E-state index in [2.05, 4.69) is 31.2 Å². The van der Waals surface area contributed by atoms with Crippen LogP contribution in [0.2, 0.25) is 0 Å². The maximum Gasteiger partial charge on any atom is 0.122 e. The van der Waals surface area contributed by atoms with Gasteiger partial charge in [0.25, 0.3) is 0 Å². The summed E-state index contributed by atoms with van der Waals surface area (Å²) >= 11 is 0. The van der Waals surface area contributed by atoms with Crippen molar-refractivity contribution in [2.45, 2.75) is 25.7 Å². The molecule has 0 saturated heterocycles. The molecule has 0 aliphatic rings. The summed E-state index contributed by atoms with van der Waals surface area (Å²) in [5.41, 5.74) is 9.77. The van der Waals surface area contributed by atoms with Gasteiger partial charge in [-0.1, -0.05) is 31.2 Å². The molecule has 0 aliphatic heterocycles. The van der Waals surface area contributed by atoms with Crippen molar-refractivity contribution in [2.75, 3.05) is 20.8 Å². The summed E-state index contributed by atoms with van der Waals surface area (Å²) in [6.07, 6.45) is 1.88. The standard InChI is InChI=1S/C19H25NO2/c1-4-14-8-9-19(22-3)18(12-14)16(13-20)10-15-6-5-7-17(11-15)21-2/h5-9,11-12,16H,4,10,13,20H2,1-3H3. The maximum absolute atomic E-state index is 6.05. The molecule has 1 atom stereocenters. The summed E-state index contributed by atoms with van der Waals surface area (Å²) in [5.74, 6) is 2.02. The Hall–Kier alpha value is -2.00. The molecule has 2 aromatic carbocycles. The van der Waals surface area contributed by atoms with Gasteiger partial charge < -0.3 is 15.2 Å². The van der Waals surface area contributed by atoms with E-state index >= 15 is 0 Å². The predicted octanol–water partition coefficient (Wildman–Crippen LogP) is 3.55. The smallest absolute Gasteiger partial charge is 0.122 e. The average Bonchev–Trinajstić information content (AvgIpc) is 2.59. The second kappa shape index (κ2) is 7.85. The molecule has 3 nitrogen and oxygen atoms in total. The minimum atomic E-state index is 0.230. The van der Waals surface area contributed by atoms with E-state index in [0.29, 0.717) is 6.54 Å². The van der Waals surface area contributed by atoms with Crippen LogP contribution in [0, 0.1) is 0 Å². The highest BCUT2D eigenvalue weighted by atomic mass is 16.5. The predicted molar refractivity (Wildman–Crippen MR) is 90.9 cm³/mol. The number of benzene rings is 2. The average molecular weight is 299 g/mol. The number of hydrogen-bond acceptors (Lipinski definition) is 3. The number of ether oxygens (including phenoxy) is 2. The summed E-state index contributed by atoms with van der Waals surface area (Å²) in [7, 11) is 3.40. The molecule has 118 valence electrons. The van der Waals surface area contributed by atoms with Crippen molar-refractivity contribution in [2.24, 2.45) is 5.73 Å². The highest BCUT2D eigenvalue weighted by Gasteiger charge is 2.16. The van der Waals surface area contributed by atoms with Crippen molar-refractivity contribution < 1.29 is 9.47 Å². The third-order valence-electron chi connectivity index (χ3n) is 4.04. The van der Waals surface area contributed by atoms with E-state index in [1.165, 1.54) is 16.7 Å². The number of nitrogens with two attached hydrogens (primary N) is 1. The molecule has 3 heteroatoms. The van der Waals surface area contributed by atoms with E-state index < -0.39 is 0 Å². The molecule has 2 rings (SSSR count). The van der Waals surface area contributed by atoms with Crippen molar-refractivity contribution in [1.82, 2.24) is 0 Å². The van der Waals surface area contributed by atoms with Crippen LogP contribution in [0.15, 0.2) is 42.5 Å². The fourth-order valence-electron chi connectivity index (χ4n) is 2.73. The Morgan fingerprint density at radius 1 is 1.00 bits per heavy atom. The van der Waals surface area contributed by atoms with Crippen molar-refractivity contribution in [1.29, 1.82) is 0 Å². The monoisotopic (exact) mass is 299 g/mol. The molecule has 0 heterocycles. The Bertz CT molecular complexity index is 610. The Balaban J connectivity index is 2.30. The van der Waals surface area contributed by atoms with E-state index in [9.17, 15) is 0 Å². The van der Waals surface area contributed by atoms with Gasteiger partial charge in [0.1, 0.15) is 11.5 Å².